The first-order valence-electron chi connectivity index (χ1n) is 10.8. The monoisotopic (exact) mass is 584 g/mol. The third kappa shape index (κ3) is 16.4. The van der Waals surface area contributed by atoms with Crippen molar-refractivity contribution in [2.75, 3.05) is 25.5 Å². The number of carbonyl (C=O) groups excluding carboxylic acids is 1. The average Bonchev–Trinajstić information content (AvgIpc) is 2.80. The van der Waals surface area contributed by atoms with Gasteiger partial charge >= 0.3 is 21.1 Å². The second-order valence-corrected chi connectivity index (χ2v) is 5.50. The Kier molecular flexibility index (Phi) is 33.0. The van der Waals surface area contributed by atoms with Crippen LogP contribution in [0.2, 0.25) is 0 Å². The summed E-state index contributed by atoms with van der Waals surface area (Å²) in [5, 5.41) is 2.57. The number of para-hydroxylation sites is 1. The standard InChI is InChI=1S/C13H10NO.C6H13N.3C2H6.CH3.W/c15-10-14-13-9-5-4-8-12(13)11-6-2-1-3-7-11;1-7-5-3-2-4-6-7;3*1-2;;/h1-9H,(H,14,15);2-6H2,1H3;3*1-2H3;1H3;/q-1;;;;;-1;+2. The zero-order valence-corrected chi connectivity index (χ0v) is 23.4. The van der Waals surface area contributed by atoms with Gasteiger partial charge in [-0.15, -0.1) is 11.8 Å². The fourth-order valence-corrected chi connectivity index (χ4v) is 2.57. The Bertz CT molecular complexity index is 570. The smallest absolute Gasteiger partial charge is 0.490 e. The van der Waals surface area contributed by atoms with Gasteiger partial charge in [0.05, 0.1) is 6.41 Å². The Balaban J connectivity index is -0.000000192. The number of anilines is 1. The fourth-order valence-electron chi connectivity index (χ4n) is 2.57. The second-order valence-electron chi connectivity index (χ2n) is 5.50. The topological polar surface area (TPSA) is 32.3 Å². The van der Waals surface area contributed by atoms with Crippen LogP contribution in [0.15, 0.2) is 54.6 Å². The van der Waals surface area contributed by atoms with Gasteiger partial charge in [-0.1, -0.05) is 102 Å². The van der Waals surface area contributed by atoms with Crippen molar-refractivity contribution in [1.29, 1.82) is 0 Å². The number of benzene rings is 2. The average molecular weight is 584 g/mol. The maximum atomic E-state index is 10.3. The van der Waals surface area contributed by atoms with Gasteiger partial charge in [-0.3, -0.25) is 0 Å². The summed E-state index contributed by atoms with van der Waals surface area (Å²) in [7, 11) is 2.19. The van der Waals surface area contributed by atoms with Gasteiger partial charge in [-0.05, 0) is 38.5 Å². The summed E-state index contributed by atoms with van der Waals surface area (Å²) in [6.45, 7) is 14.6. The molecule has 1 saturated heterocycles. The number of nitrogens with one attached hydrogen (secondary N) is 1. The van der Waals surface area contributed by atoms with E-state index in [4.69, 9.17) is 0 Å². The van der Waals surface area contributed by atoms with E-state index < -0.39 is 0 Å². The van der Waals surface area contributed by atoms with Gasteiger partial charge in [-0.2, -0.15) is 0 Å². The van der Waals surface area contributed by atoms with E-state index >= 15 is 0 Å². The quantitative estimate of drug-likeness (QED) is 0.300. The van der Waals surface area contributed by atoms with Crippen LogP contribution in [0, 0.1) is 7.43 Å². The largest absolute Gasteiger partial charge is 2.00 e. The molecule has 0 aromatic heterocycles. The summed E-state index contributed by atoms with van der Waals surface area (Å²) in [6.07, 6.45) is 5.97. The summed E-state index contributed by atoms with van der Waals surface area (Å²) >= 11 is 0. The Morgan fingerprint density at radius 3 is 1.67 bits per heavy atom. The van der Waals surface area contributed by atoms with Gasteiger partial charge in [-0.25, -0.2) is 0 Å². The summed E-state index contributed by atoms with van der Waals surface area (Å²) in [4.78, 5) is 12.7. The molecule has 0 bridgehead atoms. The molecular weight excluding hydrogens is 540 g/mol. The predicted octanol–water partition coefficient (Wildman–Crippen LogP) is 7.46. The van der Waals surface area contributed by atoms with E-state index in [9.17, 15) is 4.79 Å². The molecule has 1 heterocycles. The number of hydrogen-bond acceptors (Lipinski definition) is 2. The molecule has 0 saturated carbocycles. The minimum atomic E-state index is 0. The van der Waals surface area contributed by atoms with Crippen LogP contribution >= 0.6 is 0 Å². The van der Waals surface area contributed by atoms with Crippen LogP contribution < -0.4 is 5.32 Å². The van der Waals surface area contributed by atoms with Crippen molar-refractivity contribution < 1.29 is 25.9 Å². The van der Waals surface area contributed by atoms with Crippen LogP contribution in [0.1, 0.15) is 60.8 Å². The van der Waals surface area contributed by atoms with Crippen LogP contribution in [-0.4, -0.2) is 31.4 Å². The summed E-state index contributed by atoms with van der Waals surface area (Å²) in [5.41, 5.74) is 2.86. The minimum absolute atomic E-state index is 0. The molecule has 0 spiro atoms. The molecule has 0 radical (unpaired) electrons. The molecule has 0 aliphatic carbocycles. The number of likely N-dealkylation sites (tertiary alicyclic amines) is 1. The van der Waals surface area contributed by atoms with E-state index in [-0.39, 0.29) is 28.5 Å². The Labute approximate surface area is 201 Å². The van der Waals surface area contributed by atoms with Crippen molar-refractivity contribution in [3.05, 3.63) is 62.0 Å². The molecule has 1 N–H and O–H groups in total. The maximum Gasteiger partial charge on any atom is 2.00 e. The van der Waals surface area contributed by atoms with E-state index in [0.29, 0.717) is 0 Å². The molecule has 30 heavy (non-hydrogen) atoms. The first kappa shape index (κ1) is 36.0. The van der Waals surface area contributed by atoms with Gasteiger partial charge in [0.1, 0.15) is 0 Å². The third-order valence-electron chi connectivity index (χ3n) is 3.78. The van der Waals surface area contributed by atoms with E-state index in [1.165, 1.54) is 32.4 Å². The number of piperidine rings is 1. The van der Waals surface area contributed by atoms with E-state index in [2.05, 4.69) is 17.3 Å². The van der Waals surface area contributed by atoms with Gasteiger partial charge in [0, 0.05) is 0 Å². The fraction of sp³-hybridized carbons (Fsp3) is 0.462. The molecular formula is C26H44N2OW. The number of hydrogen-bond donors (Lipinski definition) is 1. The minimum Gasteiger partial charge on any atom is -0.490 e. The zero-order chi connectivity index (χ0) is 21.6. The van der Waals surface area contributed by atoms with E-state index in [1.54, 1.807) is 6.41 Å². The molecule has 2 aromatic rings. The number of rotatable bonds is 3. The molecule has 3 rings (SSSR count). The first-order valence-corrected chi connectivity index (χ1v) is 10.8. The molecule has 1 fully saturated rings. The summed E-state index contributed by atoms with van der Waals surface area (Å²) in [5.74, 6) is 0. The van der Waals surface area contributed by atoms with Gasteiger partial charge < -0.3 is 22.4 Å². The summed E-state index contributed by atoms with van der Waals surface area (Å²) < 4.78 is 0. The van der Waals surface area contributed by atoms with Crippen molar-refractivity contribution in [3.8, 4) is 11.1 Å². The van der Waals surface area contributed by atoms with Crippen LogP contribution in [0.25, 0.3) is 11.1 Å². The molecule has 0 unspecified atom stereocenters. The van der Waals surface area contributed by atoms with Crippen molar-refractivity contribution in [3.63, 3.8) is 0 Å². The molecule has 3 nitrogen and oxygen atoms in total. The van der Waals surface area contributed by atoms with E-state index in [1.807, 2.05) is 96.1 Å². The normalized spacial score (nSPS) is 11.3. The van der Waals surface area contributed by atoms with E-state index in [0.717, 1.165) is 16.8 Å². The van der Waals surface area contributed by atoms with Crippen molar-refractivity contribution >= 4 is 12.1 Å². The Morgan fingerprint density at radius 2 is 1.23 bits per heavy atom. The SMILES string of the molecule is CC.CC.CC.CN1CCCCC1.O=[C-]Nc1ccccc1-c1ccccc1.[CH3-].[W+2]. The summed E-state index contributed by atoms with van der Waals surface area (Å²) in [6, 6.07) is 17.6. The number of nitrogens with zero attached hydrogens (tertiary/aromatic N) is 1. The van der Waals surface area contributed by atoms with Crippen molar-refractivity contribution in [2.24, 2.45) is 0 Å². The molecule has 1 aliphatic rings. The Hall–Kier alpha value is -1.44. The predicted molar refractivity (Wildman–Crippen MR) is 133 cm³/mol. The molecule has 4 heteroatoms. The molecule has 170 valence electrons. The van der Waals surface area contributed by atoms with Crippen LogP contribution in [0.4, 0.5) is 5.69 Å². The van der Waals surface area contributed by atoms with Crippen molar-refractivity contribution in [2.45, 2.75) is 60.8 Å². The first-order chi connectivity index (χ1) is 13.8. The molecule has 1 aliphatic heterocycles. The van der Waals surface area contributed by atoms with Crippen LogP contribution in [0.5, 0.6) is 0 Å². The Morgan fingerprint density at radius 1 is 0.767 bits per heavy atom. The van der Waals surface area contributed by atoms with Gasteiger partial charge in [0.2, 0.25) is 0 Å². The van der Waals surface area contributed by atoms with Crippen LogP contribution in [0.3, 0.4) is 0 Å². The molecule has 1 amide bonds. The zero-order valence-electron chi connectivity index (χ0n) is 20.5. The molecule has 2 aromatic carbocycles. The van der Waals surface area contributed by atoms with Crippen molar-refractivity contribution in [1.82, 2.24) is 4.90 Å². The maximum absolute atomic E-state index is 10.3. The third-order valence-corrected chi connectivity index (χ3v) is 3.78. The van der Waals surface area contributed by atoms with Gasteiger partial charge in [0.25, 0.3) is 0 Å². The number of amides is 1. The van der Waals surface area contributed by atoms with Crippen LogP contribution in [-0.2, 0) is 25.9 Å². The molecule has 0 atom stereocenters. The van der Waals surface area contributed by atoms with Gasteiger partial charge in [0.15, 0.2) is 0 Å². The second kappa shape index (κ2) is 27.6.